The lowest BCUT2D eigenvalue weighted by atomic mass is 9.88. The molecule has 1 aromatic rings. The Morgan fingerprint density at radius 3 is 2.45 bits per heavy atom. The Bertz CT molecular complexity index is 697. The highest BCUT2D eigenvalue weighted by Crippen LogP contribution is 2.39. The molecule has 2 rings (SSSR count). The van der Waals surface area contributed by atoms with Crippen LogP contribution in [-0.4, -0.2) is 69.8 Å². The number of ether oxygens (including phenoxy) is 4. The smallest absolute Gasteiger partial charge is 0.410 e. The Kier molecular flexibility index (Phi) is 9.71. The largest absolute Gasteiger partial charge is 0.491 e. The van der Waals surface area contributed by atoms with E-state index in [2.05, 4.69) is 11.4 Å². The van der Waals surface area contributed by atoms with Gasteiger partial charge in [0, 0.05) is 32.8 Å². The lowest BCUT2D eigenvalue weighted by Gasteiger charge is -2.34. The van der Waals surface area contributed by atoms with Crippen molar-refractivity contribution >= 4 is 17.5 Å². The van der Waals surface area contributed by atoms with Crippen molar-refractivity contribution in [2.24, 2.45) is 0 Å². The van der Waals surface area contributed by atoms with E-state index in [9.17, 15) is 4.79 Å². The molecule has 1 aliphatic rings. The van der Waals surface area contributed by atoms with Crippen molar-refractivity contribution in [3.05, 3.63) is 17.7 Å². The molecule has 0 spiro atoms. The molecule has 176 valence electrons. The third kappa shape index (κ3) is 8.10. The summed E-state index contributed by atoms with van der Waals surface area (Å²) in [5, 5.41) is 3.32. The van der Waals surface area contributed by atoms with Crippen LogP contribution >= 0.6 is 0 Å². The average Bonchev–Trinajstić information content (AvgIpc) is 2.71. The highest BCUT2D eigenvalue weighted by Gasteiger charge is 2.29. The second-order valence-electron chi connectivity index (χ2n) is 8.70. The first-order valence-corrected chi connectivity index (χ1v) is 11.1. The predicted molar refractivity (Wildman–Crippen MR) is 123 cm³/mol. The van der Waals surface area contributed by atoms with Crippen molar-refractivity contribution in [1.29, 1.82) is 0 Å². The van der Waals surface area contributed by atoms with E-state index in [1.807, 2.05) is 33.8 Å². The maximum Gasteiger partial charge on any atom is 0.410 e. The molecule has 3 N–H and O–H groups in total. The van der Waals surface area contributed by atoms with Crippen LogP contribution in [0, 0.1) is 0 Å². The zero-order chi connectivity index (χ0) is 22.9. The number of methoxy groups -OCH3 is 1. The summed E-state index contributed by atoms with van der Waals surface area (Å²) in [6.07, 6.45) is 1.44. The minimum Gasteiger partial charge on any atom is -0.491 e. The fourth-order valence-corrected chi connectivity index (χ4v) is 3.55. The van der Waals surface area contributed by atoms with Crippen molar-refractivity contribution in [1.82, 2.24) is 4.90 Å². The number of likely N-dealkylation sites (tertiary alicyclic amines) is 1. The second-order valence-corrected chi connectivity index (χ2v) is 8.70. The van der Waals surface area contributed by atoms with Crippen LogP contribution in [0.1, 0.15) is 52.0 Å². The SMILES string of the molecule is CCNc1cc(C2CCN(C(=O)OC(C)(C)C)CC2)c(OCCOCCOC)cc1N. The highest BCUT2D eigenvalue weighted by atomic mass is 16.6. The monoisotopic (exact) mass is 437 g/mol. The number of nitrogens with two attached hydrogens (primary N) is 1. The van der Waals surface area contributed by atoms with Crippen LogP contribution in [0.15, 0.2) is 12.1 Å². The number of amides is 1. The minimum absolute atomic E-state index is 0.249. The van der Waals surface area contributed by atoms with Gasteiger partial charge >= 0.3 is 6.09 Å². The number of nitrogens with zero attached hydrogens (tertiary/aromatic N) is 1. The fraction of sp³-hybridized carbons (Fsp3) is 0.696. The Morgan fingerprint density at radius 2 is 1.84 bits per heavy atom. The Balaban J connectivity index is 2.05. The molecule has 1 heterocycles. The van der Waals surface area contributed by atoms with Crippen LogP contribution in [0.4, 0.5) is 16.2 Å². The van der Waals surface area contributed by atoms with Crippen LogP contribution in [0.5, 0.6) is 5.75 Å². The van der Waals surface area contributed by atoms with Gasteiger partial charge < -0.3 is 34.9 Å². The molecule has 31 heavy (non-hydrogen) atoms. The number of rotatable bonds is 10. The van der Waals surface area contributed by atoms with E-state index in [0.717, 1.165) is 36.4 Å². The molecule has 8 nitrogen and oxygen atoms in total. The number of nitrogen functional groups attached to an aromatic ring is 1. The molecule has 1 aromatic carbocycles. The van der Waals surface area contributed by atoms with Gasteiger partial charge in [0.1, 0.15) is 18.0 Å². The molecular weight excluding hydrogens is 398 g/mol. The van der Waals surface area contributed by atoms with Crippen LogP contribution in [0.3, 0.4) is 0 Å². The lowest BCUT2D eigenvalue weighted by molar-refractivity contribution is 0.0204. The number of carbonyl (C=O) groups is 1. The third-order valence-corrected chi connectivity index (χ3v) is 5.05. The number of hydrogen-bond acceptors (Lipinski definition) is 7. The van der Waals surface area contributed by atoms with Gasteiger partial charge in [-0.25, -0.2) is 4.79 Å². The van der Waals surface area contributed by atoms with Crippen LogP contribution in [0.25, 0.3) is 0 Å². The summed E-state index contributed by atoms with van der Waals surface area (Å²) in [6, 6.07) is 3.98. The van der Waals surface area contributed by atoms with E-state index in [4.69, 9.17) is 24.7 Å². The topological polar surface area (TPSA) is 95.3 Å². The fourth-order valence-electron chi connectivity index (χ4n) is 3.55. The summed E-state index contributed by atoms with van der Waals surface area (Å²) in [5.74, 6) is 1.06. The van der Waals surface area contributed by atoms with Gasteiger partial charge in [-0.15, -0.1) is 0 Å². The minimum atomic E-state index is -0.488. The first-order valence-electron chi connectivity index (χ1n) is 11.1. The Morgan fingerprint density at radius 1 is 1.16 bits per heavy atom. The van der Waals surface area contributed by atoms with Crippen molar-refractivity contribution in [3.63, 3.8) is 0 Å². The number of nitrogens with one attached hydrogen (secondary N) is 1. The van der Waals surface area contributed by atoms with Gasteiger partial charge in [-0.1, -0.05) is 0 Å². The standard InChI is InChI=1S/C23H39N3O5/c1-6-25-20-15-18(21(16-19(20)24)30-14-13-29-12-11-28-5)17-7-9-26(10-8-17)22(27)31-23(2,3)4/h15-17,25H,6-14,24H2,1-5H3. The van der Waals surface area contributed by atoms with E-state index >= 15 is 0 Å². The number of benzene rings is 1. The van der Waals surface area contributed by atoms with Gasteiger partial charge in [0.25, 0.3) is 0 Å². The lowest BCUT2D eigenvalue weighted by Crippen LogP contribution is -2.41. The van der Waals surface area contributed by atoms with Gasteiger partial charge in [0.15, 0.2) is 0 Å². The van der Waals surface area contributed by atoms with Gasteiger partial charge in [-0.2, -0.15) is 0 Å². The summed E-state index contributed by atoms with van der Waals surface area (Å²) in [4.78, 5) is 14.2. The molecule has 1 saturated heterocycles. The number of hydrogen-bond donors (Lipinski definition) is 2. The van der Waals surface area contributed by atoms with Crippen molar-refractivity contribution < 1.29 is 23.7 Å². The molecule has 0 bridgehead atoms. The first kappa shape index (κ1) is 25.1. The molecule has 1 fully saturated rings. The quantitative estimate of drug-likeness (QED) is 0.424. The van der Waals surface area contributed by atoms with E-state index < -0.39 is 5.60 Å². The number of anilines is 2. The normalized spacial score (nSPS) is 15.1. The van der Waals surface area contributed by atoms with Crippen LogP contribution in [0.2, 0.25) is 0 Å². The maximum absolute atomic E-state index is 12.4. The summed E-state index contributed by atoms with van der Waals surface area (Å²) in [6.45, 7) is 11.8. The van der Waals surface area contributed by atoms with E-state index in [1.54, 1.807) is 12.0 Å². The second kappa shape index (κ2) is 12.0. The summed E-state index contributed by atoms with van der Waals surface area (Å²) >= 11 is 0. The zero-order valence-electron chi connectivity index (χ0n) is 19.7. The molecule has 1 amide bonds. The summed E-state index contributed by atoms with van der Waals surface area (Å²) < 4.78 is 22.0. The van der Waals surface area contributed by atoms with E-state index in [0.29, 0.717) is 45.2 Å². The molecule has 0 radical (unpaired) electrons. The van der Waals surface area contributed by atoms with Gasteiger partial charge in [-0.05, 0) is 58.1 Å². The van der Waals surface area contributed by atoms with Gasteiger partial charge in [0.05, 0.1) is 31.2 Å². The Hall–Kier alpha value is -2.19. The number of carbonyl (C=O) groups excluding carboxylic acids is 1. The van der Waals surface area contributed by atoms with Crippen molar-refractivity contribution in [2.75, 3.05) is 64.2 Å². The predicted octanol–water partition coefficient (Wildman–Crippen LogP) is 3.86. The first-order chi connectivity index (χ1) is 14.7. The van der Waals surface area contributed by atoms with Crippen LogP contribution < -0.4 is 15.8 Å². The van der Waals surface area contributed by atoms with Gasteiger partial charge in [-0.3, -0.25) is 0 Å². The van der Waals surface area contributed by atoms with Crippen LogP contribution in [-0.2, 0) is 14.2 Å². The van der Waals surface area contributed by atoms with Gasteiger partial charge in [0.2, 0.25) is 0 Å². The molecule has 0 saturated carbocycles. The summed E-state index contributed by atoms with van der Waals surface area (Å²) in [5.41, 5.74) is 8.44. The van der Waals surface area contributed by atoms with E-state index in [1.165, 1.54) is 0 Å². The third-order valence-electron chi connectivity index (χ3n) is 5.05. The van der Waals surface area contributed by atoms with Crippen molar-refractivity contribution in [3.8, 4) is 5.75 Å². The molecule has 0 aromatic heterocycles. The maximum atomic E-state index is 12.4. The molecule has 8 heteroatoms. The zero-order valence-corrected chi connectivity index (χ0v) is 19.7. The molecule has 1 aliphatic heterocycles. The number of piperidine rings is 1. The molecule has 0 unspecified atom stereocenters. The Labute approximate surface area is 186 Å². The van der Waals surface area contributed by atoms with E-state index in [-0.39, 0.29) is 12.0 Å². The summed E-state index contributed by atoms with van der Waals surface area (Å²) in [7, 11) is 1.65. The average molecular weight is 438 g/mol. The van der Waals surface area contributed by atoms with Crippen molar-refractivity contribution in [2.45, 2.75) is 52.1 Å². The molecular formula is C23H39N3O5. The highest BCUT2D eigenvalue weighted by molar-refractivity contribution is 5.71. The molecule has 0 aliphatic carbocycles. The molecule has 0 atom stereocenters.